The minimum atomic E-state index is -0.992. The quantitative estimate of drug-likeness (QED) is 0.912. The molecule has 0 saturated heterocycles. The Morgan fingerprint density at radius 3 is 2.48 bits per heavy atom. The van der Waals surface area contributed by atoms with Crippen LogP contribution in [0.25, 0.3) is 0 Å². The third kappa shape index (κ3) is 3.34. The van der Waals surface area contributed by atoms with Crippen LogP contribution in [-0.4, -0.2) is 11.1 Å². The SMILES string of the molecule is Cc1cc(C(=O)O)cc(C)c1OCc1cccc(Cl)c1F. The lowest BCUT2D eigenvalue weighted by Gasteiger charge is -2.13. The molecule has 0 fully saturated rings. The van der Waals surface area contributed by atoms with Crippen LogP contribution < -0.4 is 4.74 Å². The molecule has 2 aromatic carbocycles. The van der Waals surface area contributed by atoms with Crippen molar-refractivity contribution in [2.75, 3.05) is 0 Å². The molecule has 0 spiro atoms. The fourth-order valence-electron chi connectivity index (χ4n) is 2.11. The first kappa shape index (κ1) is 15.3. The maximum absolute atomic E-state index is 13.8. The van der Waals surface area contributed by atoms with Gasteiger partial charge in [-0.25, -0.2) is 9.18 Å². The van der Waals surface area contributed by atoms with Gasteiger partial charge in [-0.3, -0.25) is 0 Å². The van der Waals surface area contributed by atoms with Crippen molar-refractivity contribution in [1.29, 1.82) is 0 Å². The highest BCUT2D eigenvalue weighted by Gasteiger charge is 2.12. The van der Waals surface area contributed by atoms with Gasteiger partial charge in [0.15, 0.2) is 0 Å². The van der Waals surface area contributed by atoms with Crippen LogP contribution in [0.15, 0.2) is 30.3 Å². The monoisotopic (exact) mass is 308 g/mol. The fourth-order valence-corrected chi connectivity index (χ4v) is 2.31. The molecule has 0 unspecified atom stereocenters. The van der Waals surface area contributed by atoms with Crippen molar-refractivity contribution in [1.82, 2.24) is 0 Å². The average molecular weight is 309 g/mol. The summed E-state index contributed by atoms with van der Waals surface area (Å²) in [5.74, 6) is -0.940. The van der Waals surface area contributed by atoms with Crippen LogP contribution in [0.4, 0.5) is 4.39 Å². The van der Waals surface area contributed by atoms with Gasteiger partial charge in [0.1, 0.15) is 18.2 Å². The number of ether oxygens (including phenoxy) is 1. The number of halogens is 2. The number of hydrogen-bond donors (Lipinski definition) is 1. The van der Waals surface area contributed by atoms with Gasteiger partial charge >= 0.3 is 5.97 Å². The van der Waals surface area contributed by atoms with Crippen LogP contribution in [-0.2, 0) is 6.61 Å². The van der Waals surface area contributed by atoms with Crippen LogP contribution in [0.5, 0.6) is 5.75 Å². The van der Waals surface area contributed by atoms with Gasteiger partial charge in [0, 0.05) is 5.56 Å². The van der Waals surface area contributed by atoms with Crippen LogP contribution in [0, 0.1) is 19.7 Å². The van der Waals surface area contributed by atoms with Crippen LogP contribution in [0.3, 0.4) is 0 Å². The third-order valence-electron chi connectivity index (χ3n) is 3.11. The van der Waals surface area contributed by atoms with E-state index in [4.69, 9.17) is 21.4 Å². The van der Waals surface area contributed by atoms with Crippen LogP contribution in [0.2, 0.25) is 5.02 Å². The first-order chi connectivity index (χ1) is 9.90. The predicted molar refractivity (Wildman–Crippen MR) is 78.6 cm³/mol. The number of benzene rings is 2. The second-order valence-electron chi connectivity index (χ2n) is 4.75. The lowest BCUT2D eigenvalue weighted by molar-refractivity contribution is 0.0696. The van der Waals surface area contributed by atoms with Gasteiger partial charge in [-0.15, -0.1) is 0 Å². The molecule has 2 aromatic rings. The molecule has 0 saturated carbocycles. The molecule has 5 heteroatoms. The Balaban J connectivity index is 2.24. The number of carboxylic acids is 1. The number of rotatable bonds is 4. The van der Waals surface area contributed by atoms with E-state index in [0.717, 1.165) is 0 Å². The molecule has 0 aliphatic rings. The molecule has 1 N–H and O–H groups in total. The summed E-state index contributed by atoms with van der Waals surface area (Å²) in [5, 5.41) is 9.04. The molecule has 0 amide bonds. The third-order valence-corrected chi connectivity index (χ3v) is 3.40. The minimum Gasteiger partial charge on any atom is -0.488 e. The lowest BCUT2D eigenvalue weighted by atomic mass is 10.1. The first-order valence-electron chi connectivity index (χ1n) is 6.30. The highest BCUT2D eigenvalue weighted by atomic mass is 35.5. The van der Waals surface area contributed by atoms with Crippen molar-refractivity contribution in [2.45, 2.75) is 20.5 Å². The second kappa shape index (κ2) is 6.14. The number of carbonyl (C=O) groups is 1. The topological polar surface area (TPSA) is 46.5 Å². The smallest absolute Gasteiger partial charge is 0.335 e. The largest absolute Gasteiger partial charge is 0.488 e. The number of carboxylic acid groups (broad SMARTS) is 1. The zero-order valence-electron chi connectivity index (χ0n) is 11.6. The Labute approximate surface area is 126 Å². The fraction of sp³-hybridized carbons (Fsp3) is 0.188. The molecular weight excluding hydrogens is 295 g/mol. The van der Waals surface area contributed by atoms with E-state index in [1.807, 2.05) is 0 Å². The number of aryl methyl sites for hydroxylation is 2. The molecule has 2 rings (SSSR count). The van der Waals surface area contributed by atoms with Crippen molar-refractivity contribution in [3.05, 3.63) is 63.4 Å². The molecule has 0 heterocycles. The van der Waals surface area contributed by atoms with Crippen molar-refractivity contribution >= 4 is 17.6 Å². The summed E-state index contributed by atoms with van der Waals surface area (Å²) >= 11 is 5.72. The Kier molecular flexibility index (Phi) is 4.48. The van der Waals surface area contributed by atoms with E-state index in [0.29, 0.717) is 22.4 Å². The molecule has 0 aliphatic heterocycles. The van der Waals surface area contributed by atoms with Gasteiger partial charge in [-0.1, -0.05) is 23.7 Å². The first-order valence-corrected chi connectivity index (χ1v) is 6.68. The van der Waals surface area contributed by atoms with Crippen molar-refractivity contribution in [3.63, 3.8) is 0 Å². The summed E-state index contributed by atoms with van der Waals surface area (Å²) in [6.45, 7) is 3.53. The van der Waals surface area contributed by atoms with Crippen LogP contribution >= 0.6 is 11.6 Å². The van der Waals surface area contributed by atoms with E-state index < -0.39 is 11.8 Å². The van der Waals surface area contributed by atoms with Gasteiger partial charge in [-0.05, 0) is 43.2 Å². The number of aromatic carboxylic acids is 1. The normalized spacial score (nSPS) is 10.5. The highest BCUT2D eigenvalue weighted by Crippen LogP contribution is 2.27. The highest BCUT2D eigenvalue weighted by molar-refractivity contribution is 6.30. The van der Waals surface area contributed by atoms with E-state index in [1.54, 1.807) is 26.0 Å². The number of hydrogen-bond acceptors (Lipinski definition) is 2. The van der Waals surface area contributed by atoms with Gasteiger partial charge in [0.05, 0.1) is 10.6 Å². The van der Waals surface area contributed by atoms with Gasteiger partial charge in [0.25, 0.3) is 0 Å². The maximum atomic E-state index is 13.8. The molecule has 0 aromatic heterocycles. The van der Waals surface area contributed by atoms with E-state index >= 15 is 0 Å². The molecule has 0 bridgehead atoms. The molecular formula is C16H14ClFO3. The summed E-state index contributed by atoms with van der Waals surface area (Å²) in [7, 11) is 0. The second-order valence-corrected chi connectivity index (χ2v) is 5.15. The summed E-state index contributed by atoms with van der Waals surface area (Å²) in [6, 6.07) is 7.77. The van der Waals surface area contributed by atoms with E-state index in [9.17, 15) is 9.18 Å². The zero-order valence-corrected chi connectivity index (χ0v) is 12.4. The molecule has 3 nitrogen and oxygen atoms in total. The van der Waals surface area contributed by atoms with Gasteiger partial charge < -0.3 is 9.84 Å². The summed E-state index contributed by atoms with van der Waals surface area (Å²) < 4.78 is 19.4. The standard InChI is InChI=1S/C16H14ClFO3/c1-9-6-12(16(19)20)7-10(2)15(9)21-8-11-4-3-5-13(17)14(11)18/h3-7H,8H2,1-2H3,(H,19,20). The summed E-state index contributed by atoms with van der Waals surface area (Å²) in [6.07, 6.45) is 0. The van der Waals surface area contributed by atoms with Crippen LogP contribution in [0.1, 0.15) is 27.0 Å². The van der Waals surface area contributed by atoms with E-state index in [1.165, 1.54) is 18.2 Å². The van der Waals surface area contributed by atoms with Crippen molar-refractivity contribution < 1.29 is 19.0 Å². The Hall–Kier alpha value is -2.07. The molecule has 110 valence electrons. The molecule has 0 radical (unpaired) electrons. The Bertz CT molecular complexity index is 675. The molecule has 0 aliphatic carbocycles. The molecule has 0 atom stereocenters. The maximum Gasteiger partial charge on any atom is 0.335 e. The minimum absolute atomic E-state index is 0.0283. The average Bonchev–Trinajstić information content (AvgIpc) is 2.42. The lowest BCUT2D eigenvalue weighted by Crippen LogP contribution is -2.04. The van der Waals surface area contributed by atoms with E-state index in [-0.39, 0.29) is 17.2 Å². The Morgan fingerprint density at radius 2 is 1.90 bits per heavy atom. The molecule has 21 heavy (non-hydrogen) atoms. The summed E-state index contributed by atoms with van der Waals surface area (Å²) in [4.78, 5) is 11.0. The summed E-state index contributed by atoms with van der Waals surface area (Å²) in [5.41, 5.74) is 1.93. The van der Waals surface area contributed by atoms with Crippen molar-refractivity contribution in [2.24, 2.45) is 0 Å². The zero-order chi connectivity index (χ0) is 15.6. The predicted octanol–water partition coefficient (Wildman–Crippen LogP) is 4.37. The van der Waals surface area contributed by atoms with Gasteiger partial charge in [0.2, 0.25) is 0 Å². The Morgan fingerprint density at radius 1 is 1.29 bits per heavy atom. The van der Waals surface area contributed by atoms with E-state index in [2.05, 4.69) is 0 Å². The van der Waals surface area contributed by atoms with Gasteiger partial charge in [-0.2, -0.15) is 0 Å². The van der Waals surface area contributed by atoms with Crippen molar-refractivity contribution in [3.8, 4) is 5.75 Å².